The summed E-state index contributed by atoms with van der Waals surface area (Å²) >= 11 is 0. The van der Waals surface area contributed by atoms with Crippen molar-refractivity contribution in [2.45, 2.75) is 20.0 Å². The second-order valence-corrected chi connectivity index (χ2v) is 4.05. The van der Waals surface area contributed by atoms with Gasteiger partial charge in [0.15, 0.2) is 0 Å². The van der Waals surface area contributed by atoms with Crippen LogP contribution in [0.3, 0.4) is 0 Å². The second kappa shape index (κ2) is 5.03. The average Bonchev–Trinajstić information content (AvgIpc) is 2.85. The lowest BCUT2D eigenvalue weighted by molar-refractivity contribution is 0.429. The number of halogens is 1. The van der Waals surface area contributed by atoms with E-state index in [1.165, 1.54) is 5.69 Å². The molecule has 0 bridgehead atoms. The first-order chi connectivity index (χ1) is 8.22. The molecule has 0 aliphatic rings. The molecule has 0 aliphatic carbocycles. The van der Waals surface area contributed by atoms with Gasteiger partial charge in [-0.25, -0.2) is 9.07 Å². The van der Waals surface area contributed by atoms with Crippen molar-refractivity contribution in [2.75, 3.05) is 12.0 Å². The molecule has 2 aromatic rings. The smallest absolute Gasteiger partial charge is 0.127 e. The van der Waals surface area contributed by atoms with Crippen LogP contribution in [0, 0.1) is 6.92 Å². The number of aryl methyl sites for hydroxylation is 3. The number of alkyl halides is 1. The first-order valence-electron chi connectivity index (χ1n) is 5.65. The van der Waals surface area contributed by atoms with E-state index in [0.717, 1.165) is 11.4 Å². The molecule has 0 spiro atoms. The maximum Gasteiger partial charge on any atom is 0.127 e. The summed E-state index contributed by atoms with van der Waals surface area (Å²) in [5, 5.41) is 7.44. The van der Waals surface area contributed by atoms with Crippen molar-refractivity contribution < 1.29 is 4.39 Å². The van der Waals surface area contributed by atoms with Crippen LogP contribution in [-0.4, -0.2) is 21.0 Å². The van der Waals surface area contributed by atoms with E-state index in [2.05, 4.69) is 21.0 Å². The largest absolute Gasteiger partial charge is 0.364 e. The Hall–Kier alpha value is -1.78. The van der Waals surface area contributed by atoms with E-state index < -0.39 is 6.67 Å². The molecular formula is C12H17FN4. The maximum absolute atomic E-state index is 12.4. The topological polar surface area (TPSA) is 34.8 Å². The molecule has 0 aromatic carbocycles. The van der Waals surface area contributed by atoms with Crippen molar-refractivity contribution in [3.8, 4) is 0 Å². The highest BCUT2D eigenvalue weighted by atomic mass is 19.1. The van der Waals surface area contributed by atoms with E-state index in [4.69, 9.17) is 0 Å². The van der Waals surface area contributed by atoms with Crippen LogP contribution in [0.25, 0.3) is 0 Å². The zero-order valence-electron chi connectivity index (χ0n) is 10.2. The minimum atomic E-state index is -0.403. The lowest BCUT2D eigenvalue weighted by atomic mass is 10.3. The first-order valence-corrected chi connectivity index (χ1v) is 5.65. The molecule has 5 heteroatoms. The molecule has 0 fully saturated rings. The Morgan fingerprint density at radius 3 is 2.94 bits per heavy atom. The van der Waals surface area contributed by atoms with E-state index in [0.29, 0.717) is 13.1 Å². The van der Waals surface area contributed by atoms with Gasteiger partial charge in [-0.1, -0.05) is 0 Å². The molecule has 0 saturated heterocycles. The number of hydrogen-bond acceptors (Lipinski definition) is 2. The van der Waals surface area contributed by atoms with Crippen LogP contribution in [0.5, 0.6) is 0 Å². The first kappa shape index (κ1) is 11.7. The summed E-state index contributed by atoms with van der Waals surface area (Å²) in [5.74, 6) is 0.892. The zero-order chi connectivity index (χ0) is 12.3. The van der Waals surface area contributed by atoms with Gasteiger partial charge in [0.25, 0.3) is 0 Å². The van der Waals surface area contributed by atoms with E-state index in [1.54, 1.807) is 10.9 Å². The van der Waals surface area contributed by atoms with Crippen molar-refractivity contribution in [1.29, 1.82) is 0 Å². The molecular weight excluding hydrogens is 219 g/mol. The molecule has 0 saturated carbocycles. The highest BCUT2D eigenvalue weighted by molar-refractivity contribution is 5.43. The number of anilines is 1. The van der Waals surface area contributed by atoms with Gasteiger partial charge >= 0.3 is 0 Å². The van der Waals surface area contributed by atoms with Crippen LogP contribution < -0.4 is 5.32 Å². The third-order valence-electron chi connectivity index (χ3n) is 2.81. The molecule has 0 radical (unpaired) electrons. The molecule has 0 atom stereocenters. The van der Waals surface area contributed by atoms with Crippen LogP contribution in [0.2, 0.25) is 0 Å². The summed E-state index contributed by atoms with van der Waals surface area (Å²) in [6.45, 7) is 2.57. The quantitative estimate of drug-likeness (QED) is 0.863. The normalized spacial score (nSPS) is 10.8. The molecule has 0 unspecified atom stereocenters. The number of nitrogens with one attached hydrogen (secondary N) is 1. The van der Waals surface area contributed by atoms with Gasteiger partial charge in [-0.3, -0.25) is 0 Å². The molecule has 1 N–H and O–H groups in total. The predicted octanol–water partition coefficient (Wildman–Crippen LogP) is 2.11. The lowest BCUT2D eigenvalue weighted by Gasteiger charge is -2.10. The van der Waals surface area contributed by atoms with Crippen molar-refractivity contribution in [2.24, 2.45) is 7.05 Å². The molecule has 92 valence electrons. The lowest BCUT2D eigenvalue weighted by Crippen LogP contribution is -2.11. The highest BCUT2D eigenvalue weighted by Crippen LogP contribution is 2.15. The molecule has 2 rings (SSSR count). The molecule has 4 nitrogen and oxygen atoms in total. The SMILES string of the molecule is Cc1cnn(CCF)c1NCc1cccn1C. The van der Waals surface area contributed by atoms with Gasteiger partial charge in [-0.2, -0.15) is 5.10 Å². The van der Waals surface area contributed by atoms with Crippen LogP contribution in [0.1, 0.15) is 11.3 Å². The van der Waals surface area contributed by atoms with Crippen molar-refractivity contribution in [3.63, 3.8) is 0 Å². The highest BCUT2D eigenvalue weighted by Gasteiger charge is 2.07. The molecule has 0 amide bonds. The minimum Gasteiger partial charge on any atom is -0.364 e. The minimum absolute atomic E-state index is 0.295. The molecule has 2 heterocycles. The van der Waals surface area contributed by atoms with Crippen molar-refractivity contribution >= 4 is 5.82 Å². The summed E-state index contributed by atoms with van der Waals surface area (Å²) in [6.07, 6.45) is 3.76. The van der Waals surface area contributed by atoms with E-state index in [9.17, 15) is 4.39 Å². The fraction of sp³-hybridized carbons (Fsp3) is 0.417. The van der Waals surface area contributed by atoms with Crippen LogP contribution >= 0.6 is 0 Å². The van der Waals surface area contributed by atoms with Gasteiger partial charge in [0.2, 0.25) is 0 Å². The summed E-state index contributed by atoms with van der Waals surface area (Å²) in [4.78, 5) is 0. The van der Waals surface area contributed by atoms with Gasteiger partial charge in [0.05, 0.1) is 19.3 Å². The summed E-state index contributed by atoms with van der Waals surface area (Å²) in [6, 6.07) is 4.06. The van der Waals surface area contributed by atoms with E-state index >= 15 is 0 Å². The Morgan fingerprint density at radius 1 is 1.47 bits per heavy atom. The zero-order valence-corrected chi connectivity index (χ0v) is 10.2. The molecule has 17 heavy (non-hydrogen) atoms. The Morgan fingerprint density at radius 2 is 2.29 bits per heavy atom. The van der Waals surface area contributed by atoms with Gasteiger partial charge in [0, 0.05) is 24.5 Å². The van der Waals surface area contributed by atoms with Gasteiger partial charge in [0.1, 0.15) is 12.5 Å². The van der Waals surface area contributed by atoms with Crippen LogP contribution in [0.4, 0.5) is 10.2 Å². The predicted molar refractivity (Wildman–Crippen MR) is 65.7 cm³/mol. The summed E-state index contributed by atoms with van der Waals surface area (Å²) in [5.41, 5.74) is 2.21. The molecule has 0 aliphatic heterocycles. The third-order valence-corrected chi connectivity index (χ3v) is 2.81. The fourth-order valence-electron chi connectivity index (χ4n) is 1.81. The number of aromatic nitrogens is 3. The Balaban J connectivity index is 2.08. The molecule has 2 aromatic heterocycles. The van der Waals surface area contributed by atoms with E-state index in [-0.39, 0.29) is 0 Å². The van der Waals surface area contributed by atoms with Gasteiger partial charge in [-0.15, -0.1) is 0 Å². The fourth-order valence-corrected chi connectivity index (χ4v) is 1.81. The Labute approximate surface area is 100 Å². The van der Waals surface area contributed by atoms with Gasteiger partial charge in [-0.05, 0) is 19.1 Å². The number of hydrogen-bond donors (Lipinski definition) is 1. The van der Waals surface area contributed by atoms with E-state index in [1.807, 2.05) is 26.2 Å². The van der Waals surface area contributed by atoms with Crippen LogP contribution in [-0.2, 0) is 20.1 Å². The monoisotopic (exact) mass is 236 g/mol. The number of rotatable bonds is 5. The maximum atomic E-state index is 12.4. The van der Waals surface area contributed by atoms with Crippen LogP contribution in [0.15, 0.2) is 24.5 Å². The average molecular weight is 236 g/mol. The standard InChI is InChI=1S/C12H17FN4/c1-10-8-15-17(7-5-13)12(10)14-9-11-4-3-6-16(11)2/h3-4,6,8,14H,5,7,9H2,1-2H3. The summed E-state index contributed by atoms with van der Waals surface area (Å²) < 4.78 is 16.1. The Kier molecular flexibility index (Phi) is 3.46. The third kappa shape index (κ3) is 2.49. The Bertz CT molecular complexity index is 486. The second-order valence-electron chi connectivity index (χ2n) is 4.05. The van der Waals surface area contributed by atoms with Crippen molar-refractivity contribution in [3.05, 3.63) is 35.8 Å². The summed E-state index contributed by atoms with van der Waals surface area (Å²) in [7, 11) is 2.00. The van der Waals surface area contributed by atoms with Crippen molar-refractivity contribution in [1.82, 2.24) is 14.3 Å². The van der Waals surface area contributed by atoms with Gasteiger partial charge < -0.3 is 9.88 Å². The number of nitrogens with zero attached hydrogens (tertiary/aromatic N) is 3.